The number of hydrogen-bond donors (Lipinski definition) is 1. The third-order valence-corrected chi connectivity index (χ3v) is 2.38. The van der Waals surface area contributed by atoms with Gasteiger partial charge >= 0.3 is 0 Å². The Morgan fingerprint density at radius 2 is 2.07 bits per heavy atom. The second-order valence-electron chi connectivity index (χ2n) is 3.68. The fraction of sp³-hybridized carbons (Fsp3) is 0.429. The molecule has 80 valence electrons. The molecular weight excluding hydrogens is 184 g/mol. The highest BCUT2D eigenvalue weighted by atomic mass is 16.3. The van der Waals surface area contributed by atoms with Gasteiger partial charge in [-0.05, 0) is 24.5 Å². The summed E-state index contributed by atoms with van der Waals surface area (Å²) in [5.41, 5.74) is 2.01. The molecule has 1 heteroatoms. The Bertz CT molecular complexity index is 357. The summed E-state index contributed by atoms with van der Waals surface area (Å²) in [6.45, 7) is 4.13. The molecule has 1 atom stereocenters. The van der Waals surface area contributed by atoms with Crippen LogP contribution in [0.2, 0.25) is 0 Å². The molecule has 1 aromatic carbocycles. The molecule has 0 aliphatic carbocycles. The van der Waals surface area contributed by atoms with Gasteiger partial charge in [0.15, 0.2) is 0 Å². The fourth-order valence-corrected chi connectivity index (χ4v) is 1.41. The van der Waals surface area contributed by atoms with Crippen molar-refractivity contribution in [1.29, 1.82) is 0 Å². The number of unbranched alkanes of at least 4 members (excludes halogenated alkanes) is 2. The van der Waals surface area contributed by atoms with Gasteiger partial charge in [0.2, 0.25) is 0 Å². The average molecular weight is 202 g/mol. The molecule has 0 fully saturated rings. The van der Waals surface area contributed by atoms with Gasteiger partial charge < -0.3 is 5.11 Å². The third-order valence-electron chi connectivity index (χ3n) is 2.38. The first kappa shape index (κ1) is 11.8. The molecule has 0 aliphatic heterocycles. The van der Waals surface area contributed by atoms with Crippen LogP contribution in [0.4, 0.5) is 0 Å². The maximum atomic E-state index is 9.83. The van der Waals surface area contributed by atoms with Crippen molar-refractivity contribution in [2.75, 3.05) is 0 Å². The Morgan fingerprint density at radius 1 is 1.33 bits per heavy atom. The molecule has 0 spiro atoms. The van der Waals surface area contributed by atoms with Crippen LogP contribution in [-0.2, 0) is 0 Å². The van der Waals surface area contributed by atoms with Gasteiger partial charge in [-0.2, -0.15) is 0 Å². The predicted octanol–water partition coefficient (Wildman–Crippen LogP) is 3.22. The van der Waals surface area contributed by atoms with Gasteiger partial charge in [-0.25, -0.2) is 0 Å². The Labute approximate surface area is 92.1 Å². The summed E-state index contributed by atoms with van der Waals surface area (Å²) in [5, 5.41) is 9.83. The molecule has 1 nitrogen and oxygen atoms in total. The van der Waals surface area contributed by atoms with Gasteiger partial charge in [0, 0.05) is 6.42 Å². The van der Waals surface area contributed by atoms with Crippen molar-refractivity contribution < 1.29 is 5.11 Å². The molecule has 1 N–H and O–H groups in total. The smallest absolute Gasteiger partial charge is 0.140 e. The zero-order valence-corrected chi connectivity index (χ0v) is 9.46. The lowest BCUT2D eigenvalue weighted by atomic mass is 10.0. The Balaban J connectivity index is 2.63. The van der Waals surface area contributed by atoms with E-state index in [0.717, 1.165) is 30.4 Å². The van der Waals surface area contributed by atoms with Gasteiger partial charge in [0.05, 0.1) is 0 Å². The second-order valence-corrected chi connectivity index (χ2v) is 3.68. The van der Waals surface area contributed by atoms with Gasteiger partial charge in [-0.15, -0.1) is 5.92 Å². The molecule has 0 bridgehead atoms. The first-order chi connectivity index (χ1) is 7.25. The van der Waals surface area contributed by atoms with E-state index in [1.54, 1.807) is 0 Å². The van der Waals surface area contributed by atoms with E-state index in [9.17, 15) is 5.11 Å². The third kappa shape index (κ3) is 3.77. The molecular formula is C14H18O. The van der Waals surface area contributed by atoms with Gasteiger partial charge in [0.25, 0.3) is 0 Å². The van der Waals surface area contributed by atoms with Crippen molar-refractivity contribution in [3.63, 3.8) is 0 Å². The minimum absolute atomic E-state index is 0.636. The number of hydrogen-bond acceptors (Lipinski definition) is 1. The monoisotopic (exact) mass is 202 g/mol. The zero-order chi connectivity index (χ0) is 11.1. The molecule has 1 aromatic rings. The van der Waals surface area contributed by atoms with Crippen molar-refractivity contribution >= 4 is 0 Å². The zero-order valence-electron chi connectivity index (χ0n) is 9.46. The Kier molecular flexibility index (Phi) is 4.93. The molecule has 0 heterocycles. The largest absolute Gasteiger partial charge is 0.376 e. The fourth-order valence-electron chi connectivity index (χ4n) is 1.41. The molecule has 0 aliphatic rings. The Hall–Kier alpha value is -1.26. The van der Waals surface area contributed by atoms with Crippen LogP contribution in [-0.4, -0.2) is 5.11 Å². The van der Waals surface area contributed by atoms with Crippen LogP contribution in [0.25, 0.3) is 0 Å². The van der Waals surface area contributed by atoms with E-state index >= 15 is 0 Å². The van der Waals surface area contributed by atoms with Crippen molar-refractivity contribution in [1.82, 2.24) is 0 Å². The number of benzene rings is 1. The highest BCUT2D eigenvalue weighted by Crippen LogP contribution is 2.16. The molecule has 1 rings (SSSR count). The van der Waals surface area contributed by atoms with E-state index in [2.05, 4.69) is 18.8 Å². The number of aliphatic hydroxyl groups is 1. The van der Waals surface area contributed by atoms with Gasteiger partial charge in [0.1, 0.15) is 6.10 Å². The molecule has 0 radical (unpaired) electrons. The lowest BCUT2D eigenvalue weighted by Gasteiger charge is -2.06. The summed E-state index contributed by atoms with van der Waals surface area (Å²) in [6.07, 6.45) is 2.49. The topological polar surface area (TPSA) is 20.2 Å². The normalized spacial score (nSPS) is 11.7. The summed E-state index contributed by atoms with van der Waals surface area (Å²) >= 11 is 0. The van der Waals surface area contributed by atoms with E-state index in [1.165, 1.54) is 0 Å². The van der Waals surface area contributed by atoms with E-state index in [1.807, 2.05) is 31.2 Å². The lowest BCUT2D eigenvalue weighted by Crippen LogP contribution is -1.96. The predicted molar refractivity (Wildman–Crippen MR) is 63.4 cm³/mol. The lowest BCUT2D eigenvalue weighted by molar-refractivity contribution is 0.237. The minimum Gasteiger partial charge on any atom is -0.376 e. The summed E-state index contributed by atoms with van der Waals surface area (Å²) in [4.78, 5) is 0. The van der Waals surface area contributed by atoms with Gasteiger partial charge in [-0.3, -0.25) is 0 Å². The van der Waals surface area contributed by atoms with Crippen LogP contribution in [0.5, 0.6) is 0 Å². The highest BCUT2D eigenvalue weighted by Gasteiger charge is 2.04. The van der Waals surface area contributed by atoms with Crippen LogP contribution in [0.1, 0.15) is 43.4 Å². The summed E-state index contributed by atoms with van der Waals surface area (Å²) in [7, 11) is 0. The van der Waals surface area contributed by atoms with Crippen molar-refractivity contribution in [2.24, 2.45) is 0 Å². The second kappa shape index (κ2) is 6.27. The van der Waals surface area contributed by atoms with Crippen molar-refractivity contribution in [3.8, 4) is 11.8 Å². The number of aliphatic hydroxyl groups excluding tert-OH is 1. The van der Waals surface area contributed by atoms with E-state index in [0.29, 0.717) is 0 Å². The van der Waals surface area contributed by atoms with E-state index in [4.69, 9.17) is 0 Å². The van der Waals surface area contributed by atoms with Crippen LogP contribution in [0.3, 0.4) is 0 Å². The number of rotatable bonds is 3. The number of aryl methyl sites for hydroxylation is 1. The van der Waals surface area contributed by atoms with Crippen LogP contribution < -0.4 is 0 Å². The molecule has 0 aromatic heterocycles. The van der Waals surface area contributed by atoms with Crippen LogP contribution in [0, 0.1) is 18.8 Å². The molecule has 0 amide bonds. The maximum absolute atomic E-state index is 9.83. The quantitative estimate of drug-likeness (QED) is 0.589. The highest BCUT2D eigenvalue weighted by molar-refractivity contribution is 5.32. The van der Waals surface area contributed by atoms with Gasteiger partial charge in [-0.1, -0.05) is 43.5 Å². The van der Waals surface area contributed by atoms with Crippen molar-refractivity contribution in [2.45, 2.75) is 39.2 Å². The van der Waals surface area contributed by atoms with Crippen molar-refractivity contribution in [3.05, 3.63) is 35.4 Å². The summed E-state index contributed by atoms with van der Waals surface area (Å²) < 4.78 is 0. The molecule has 1 unspecified atom stereocenters. The summed E-state index contributed by atoms with van der Waals surface area (Å²) in [5.74, 6) is 5.89. The first-order valence-corrected chi connectivity index (χ1v) is 5.47. The SMILES string of the molecule is CCCCC#CC(O)c1ccccc1C. The first-order valence-electron chi connectivity index (χ1n) is 5.47. The Morgan fingerprint density at radius 3 is 2.73 bits per heavy atom. The van der Waals surface area contributed by atoms with E-state index < -0.39 is 6.10 Å². The molecule has 0 saturated carbocycles. The molecule has 0 saturated heterocycles. The van der Waals surface area contributed by atoms with Crippen LogP contribution in [0.15, 0.2) is 24.3 Å². The summed E-state index contributed by atoms with van der Waals surface area (Å²) in [6, 6.07) is 7.82. The van der Waals surface area contributed by atoms with E-state index in [-0.39, 0.29) is 0 Å². The molecule has 15 heavy (non-hydrogen) atoms. The maximum Gasteiger partial charge on any atom is 0.140 e. The average Bonchev–Trinajstić information content (AvgIpc) is 2.25. The minimum atomic E-state index is -0.636. The van der Waals surface area contributed by atoms with Crippen LogP contribution >= 0.6 is 0 Å². The standard InChI is InChI=1S/C14H18O/c1-3-4-5-6-11-14(15)13-10-8-7-9-12(13)2/h7-10,14-15H,3-5H2,1-2H3.